The molecule has 1 heterocycles. The molecule has 0 saturated heterocycles. The molecule has 0 spiro atoms. The average Bonchev–Trinajstić information content (AvgIpc) is 3.50. The van der Waals surface area contributed by atoms with E-state index in [2.05, 4.69) is 40.2 Å². The summed E-state index contributed by atoms with van der Waals surface area (Å²) in [5, 5.41) is 0. The van der Waals surface area contributed by atoms with Gasteiger partial charge in [-0.2, -0.15) is 0 Å². The second-order valence-corrected chi connectivity index (χ2v) is 7.05. The largest absolute Gasteiger partial charge is 0.298 e. The number of nitrogens with zero attached hydrogens (tertiary/aromatic N) is 2. The number of carbonyl (C=O) groups excluding carboxylic acids is 1. The minimum atomic E-state index is 0.728. The van der Waals surface area contributed by atoms with E-state index in [0.29, 0.717) is 0 Å². The third kappa shape index (κ3) is 6.09. The first-order valence-corrected chi connectivity index (χ1v) is 9.53. The number of aryl methyl sites for hydroxylation is 1. The molecule has 0 aliphatic heterocycles. The lowest BCUT2D eigenvalue weighted by atomic mass is 10.1. The van der Waals surface area contributed by atoms with Crippen LogP contribution < -0.4 is 0 Å². The van der Waals surface area contributed by atoms with Crippen LogP contribution in [0.2, 0.25) is 0 Å². The van der Waals surface area contributed by atoms with Gasteiger partial charge in [-0.15, -0.1) is 0 Å². The number of pyridine rings is 1. The zero-order valence-electron chi connectivity index (χ0n) is 14.9. The molecule has 1 aromatic carbocycles. The highest BCUT2D eigenvalue weighted by atomic mass is 16.1. The summed E-state index contributed by atoms with van der Waals surface area (Å²) in [7, 11) is 0. The van der Waals surface area contributed by atoms with E-state index in [0.717, 1.165) is 43.0 Å². The summed E-state index contributed by atoms with van der Waals surface area (Å²) in [4.78, 5) is 17.8. The highest BCUT2D eigenvalue weighted by Crippen LogP contribution is 2.28. The van der Waals surface area contributed by atoms with E-state index in [-0.39, 0.29) is 0 Å². The Labute approximate surface area is 151 Å². The Morgan fingerprint density at radius 3 is 2.60 bits per heavy atom. The monoisotopic (exact) mass is 336 g/mol. The molecule has 3 heteroatoms. The number of unbranched alkanes of at least 4 members (excludes halogenated alkanes) is 3. The Balaban J connectivity index is 1.33. The van der Waals surface area contributed by atoms with Crippen molar-refractivity contribution < 1.29 is 4.79 Å². The van der Waals surface area contributed by atoms with Crippen LogP contribution in [0.4, 0.5) is 0 Å². The van der Waals surface area contributed by atoms with Gasteiger partial charge in [-0.05, 0) is 56.3 Å². The quantitative estimate of drug-likeness (QED) is 0.442. The molecule has 132 valence electrons. The molecule has 25 heavy (non-hydrogen) atoms. The van der Waals surface area contributed by atoms with Gasteiger partial charge in [0.25, 0.3) is 0 Å². The number of carbonyl (C=O) groups is 1. The van der Waals surface area contributed by atoms with Crippen molar-refractivity contribution in [3.05, 3.63) is 65.5 Å². The van der Waals surface area contributed by atoms with Crippen LogP contribution in [-0.2, 0) is 13.0 Å². The van der Waals surface area contributed by atoms with Gasteiger partial charge in [0.1, 0.15) is 6.29 Å². The topological polar surface area (TPSA) is 33.2 Å². The van der Waals surface area contributed by atoms with Gasteiger partial charge in [0.2, 0.25) is 0 Å². The van der Waals surface area contributed by atoms with Gasteiger partial charge in [-0.1, -0.05) is 43.2 Å². The fourth-order valence-electron chi connectivity index (χ4n) is 3.33. The Morgan fingerprint density at radius 1 is 1.04 bits per heavy atom. The molecule has 1 aliphatic carbocycles. The highest BCUT2D eigenvalue weighted by Gasteiger charge is 2.28. The maximum atomic E-state index is 10.8. The van der Waals surface area contributed by atoms with Crippen molar-refractivity contribution in [2.24, 2.45) is 0 Å². The van der Waals surface area contributed by atoms with Gasteiger partial charge in [-0.3, -0.25) is 14.7 Å². The summed E-state index contributed by atoms with van der Waals surface area (Å²) in [5.74, 6) is 0. The molecule has 0 bridgehead atoms. The number of benzene rings is 1. The SMILES string of the molecule is O=Cc1ccnc(CCCCCCN(Cc2ccccc2)C2CC2)c1. The summed E-state index contributed by atoms with van der Waals surface area (Å²) in [6.45, 7) is 2.30. The molecule has 1 aliphatic rings. The van der Waals surface area contributed by atoms with E-state index in [9.17, 15) is 4.79 Å². The van der Waals surface area contributed by atoms with Gasteiger partial charge in [0.15, 0.2) is 0 Å². The zero-order chi connectivity index (χ0) is 17.3. The van der Waals surface area contributed by atoms with Gasteiger partial charge in [-0.25, -0.2) is 0 Å². The van der Waals surface area contributed by atoms with Crippen molar-refractivity contribution >= 4 is 6.29 Å². The molecule has 0 N–H and O–H groups in total. The predicted octanol–water partition coefficient (Wildman–Crippen LogP) is 4.66. The first-order chi connectivity index (χ1) is 12.3. The van der Waals surface area contributed by atoms with Crippen LogP contribution in [-0.4, -0.2) is 28.8 Å². The van der Waals surface area contributed by atoms with Crippen LogP contribution in [0.5, 0.6) is 0 Å². The second-order valence-electron chi connectivity index (χ2n) is 7.05. The predicted molar refractivity (Wildman–Crippen MR) is 102 cm³/mol. The third-order valence-corrected chi connectivity index (χ3v) is 4.90. The first kappa shape index (κ1) is 17.8. The smallest absolute Gasteiger partial charge is 0.150 e. The lowest BCUT2D eigenvalue weighted by Gasteiger charge is -2.22. The van der Waals surface area contributed by atoms with Crippen molar-refractivity contribution in [3.63, 3.8) is 0 Å². The fraction of sp³-hybridized carbons (Fsp3) is 0.455. The molecule has 0 atom stereocenters. The van der Waals surface area contributed by atoms with E-state index in [1.165, 1.54) is 44.2 Å². The van der Waals surface area contributed by atoms with Crippen molar-refractivity contribution in [2.45, 2.75) is 57.5 Å². The lowest BCUT2D eigenvalue weighted by molar-refractivity contribution is 0.112. The van der Waals surface area contributed by atoms with Crippen LogP contribution in [0.1, 0.15) is 60.1 Å². The van der Waals surface area contributed by atoms with Gasteiger partial charge in [0, 0.05) is 30.0 Å². The summed E-state index contributed by atoms with van der Waals surface area (Å²) < 4.78 is 0. The van der Waals surface area contributed by atoms with Gasteiger partial charge >= 0.3 is 0 Å². The fourth-order valence-corrected chi connectivity index (χ4v) is 3.33. The van der Waals surface area contributed by atoms with E-state index < -0.39 is 0 Å². The van der Waals surface area contributed by atoms with Crippen LogP contribution in [0.15, 0.2) is 48.7 Å². The van der Waals surface area contributed by atoms with Crippen LogP contribution in [0.3, 0.4) is 0 Å². The molecule has 3 nitrogen and oxygen atoms in total. The zero-order valence-corrected chi connectivity index (χ0v) is 14.9. The Morgan fingerprint density at radius 2 is 1.84 bits per heavy atom. The molecule has 2 aromatic rings. The van der Waals surface area contributed by atoms with Gasteiger partial charge in [0.05, 0.1) is 0 Å². The number of rotatable bonds is 11. The molecule has 1 fully saturated rings. The molecule has 1 aromatic heterocycles. The minimum Gasteiger partial charge on any atom is -0.298 e. The van der Waals surface area contributed by atoms with Gasteiger partial charge < -0.3 is 0 Å². The van der Waals surface area contributed by atoms with E-state index in [1.54, 1.807) is 12.3 Å². The maximum absolute atomic E-state index is 10.8. The third-order valence-electron chi connectivity index (χ3n) is 4.90. The summed E-state index contributed by atoms with van der Waals surface area (Å²) in [6.07, 6.45) is 11.3. The molecule has 3 rings (SSSR count). The van der Waals surface area contributed by atoms with Crippen LogP contribution >= 0.6 is 0 Å². The van der Waals surface area contributed by atoms with Crippen molar-refractivity contribution in [1.82, 2.24) is 9.88 Å². The maximum Gasteiger partial charge on any atom is 0.150 e. The Kier molecular flexibility index (Phi) is 6.75. The Hall–Kier alpha value is -2.00. The summed E-state index contributed by atoms with van der Waals surface area (Å²) in [6, 6.07) is 15.3. The van der Waals surface area contributed by atoms with E-state index in [1.807, 2.05) is 6.07 Å². The summed E-state index contributed by atoms with van der Waals surface area (Å²) in [5.41, 5.74) is 3.19. The number of hydrogen-bond donors (Lipinski definition) is 0. The minimum absolute atomic E-state index is 0.728. The normalized spacial score (nSPS) is 14.0. The number of aromatic nitrogens is 1. The van der Waals surface area contributed by atoms with Crippen LogP contribution in [0, 0.1) is 0 Å². The average molecular weight is 336 g/mol. The van der Waals surface area contributed by atoms with Crippen LogP contribution in [0.25, 0.3) is 0 Å². The Bertz CT molecular complexity index is 652. The van der Waals surface area contributed by atoms with Crippen molar-refractivity contribution in [1.29, 1.82) is 0 Å². The standard InChI is InChI=1S/C22H28N2O/c25-18-20-13-14-23-21(16-20)10-6-1-2-7-15-24(22-11-12-22)17-19-8-4-3-5-9-19/h3-5,8-9,13-14,16,18,22H,1-2,6-7,10-12,15,17H2. The molecule has 1 saturated carbocycles. The number of hydrogen-bond acceptors (Lipinski definition) is 3. The molecular formula is C22H28N2O. The molecule has 0 amide bonds. The van der Waals surface area contributed by atoms with E-state index >= 15 is 0 Å². The number of aldehydes is 1. The first-order valence-electron chi connectivity index (χ1n) is 9.53. The highest BCUT2D eigenvalue weighted by molar-refractivity contribution is 5.74. The molecular weight excluding hydrogens is 308 g/mol. The molecule has 0 radical (unpaired) electrons. The second kappa shape index (κ2) is 9.47. The summed E-state index contributed by atoms with van der Waals surface area (Å²) >= 11 is 0. The van der Waals surface area contributed by atoms with Crippen molar-refractivity contribution in [3.8, 4) is 0 Å². The van der Waals surface area contributed by atoms with E-state index in [4.69, 9.17) is 0 Å². The molecule has 0 unspecified atom stereocenters. The lowest BCUT2D eigenvalue weighted by Crippen LogP contribution is -2.26. The van der Waals surface area contributed by atoms with Crippen molar-refractivity contribution in [2.75, 3.05) is 6.54 Å².